The number of halogens is 2. The van der Waals surface area contributed by atoms with Crippen LogP contribution < -0.4 is 5.32 Å². The number of carbonyl (C=O) groups excluding carboxylic acids is 1. The molecule has 0 aliphatic rings. The number of hydrogen-bond acceptors (Lipinski definition) is 2. The molecule has 0 aliphatic carbocycles. The smallest absolute Gasteiger partial charge is 0.225 e. The van der Waals surface area contributed by atoms with E-state index >= 15 is 0 Å². The molecular weight excluding hydrogens is 395 g/mol. The summed E-state index contributed by atoms with van der Waals surface area (Å²) in [5, 5.41) is 9.41. The van der Waals surface area contributed by atoms with Gasteiger partial charge in [0, 0.05) is 34.7 Å². The van der Waals surface area contributed by atoms with Gasteiger partial charge in [-0.2, -0.15) is 5.10 Å². The summed E-state index contributed by atoms with van der Waals surface area (Å²) in [6, 6.07) is 15.6. The number of carbonyl (C=O) groups is 1. The fourth-order valence-electron chi connectivity index (χ4n) is 3.12. The minimum Gasteiger partial charge on any atom is -0.361 e. The molecule has 2 aromatic heterocycles. The fourth-order valence-corrected chi connectivity index (χ4v) is 3.44. The SMILES string of the molecule is O=C(CCc1c[nH]c2ccccc12)Nc1nn(Cc2ccc(Cl)cc2)cc1Cl. The Labute approximate surface area is 172 Å². The summed E-state index contributed by atoms with van der Waals surface area (Å²) in [5.74, 6) is 0.253. The fraction of sp³-hybridized carbons (Fsp3) is 0.143. The van der Waals surface area contributed by atoms with Gasteiger partial charge >= 0.3 is 0 Å². The average molecular weight is 413 g/mol. The van der Waals surface area contributed by atoms with E-state index in [1.165, 1.54) is 0 Å². The minimum atomic E-state index is -0.121. The van der Waals surface area contributed by atoms with E-state index in [9.17, 15) is 4.79 Å². The Balaban J connectivity index is 1.37. The van der Waals surface area contributed by atoms with Gasteiger partial charge < -0.3 is 10.3 Å². The van der Waals surface area contributed by atoms with Gasteiger partial charge in [-0.15, -0.1) is 0 Å². The second-order valence-electron chi connectivity index (χ2n) is 6.56. The monoisotopic (exact) mass is 412 g/mol. The Morgan fingerprint density at radius 1 is 1.11 bits per heavy atom. The van der Waals surface area contributed by atoms with E-state index in [2.05, 4.69) is 15.4 Å². The molecule has 0 unspecified atom stereocenters. The maximum Gasteiger partial charge on any atom is 0.225 e. The van der Waals surface area contributed by atoms with Crippen molar-refractivity contribution in [2.75, 3.05) is 5.32 Å². The predicted molar refractivity (Wildman–Crippen MR) is 113 cm³/mol. The van der Waals surface area contributed by atoms with Crippen LogP contribution in [0.1, 0.15) is 17.5 Å². The van der Waals surface area contributed by atoms with Gasteiger partial charge in [-0.3, -0.25) is 9.48 Å². The van der Waals surface area contributed by atoms with E-state index in [1.807, 2.05) is 54.7 Å². The van der Waals surface area contributed by atoms with Crippen molar-refractivity contribution >= 4 is 45.8 Å². The quantitative estimate of drug-likeness (QED) is 0.451. The van der Waals surface area contributed by atoms with Crippen molar-refractivity contribution in [3.63, 3.8) is 0 Å². The largest absolute Gasteiger partial charge is 0.361 e. The third-order valence-electron chi connectivity index (χ3n) is 4.53. The number of nitrogens with zero attached hydrogens (tertiary/aromatic N) is 2. The molecular formula is C21H18Cl2N4O. The predicted octanol–water partition coefficient (Wildman–Crippen LogP) is 5.29. The van der Waals surface area contributed by atoms with Crippen molar-refractivity contribution in [2.45, 2.75) is 19.4 Å². The molecule has 28 heavy (non-hydrogen) atoms. The van der Waals surface area contributed by atoms with Crippen molar-refractivity contribution in [2.24, 2.45) is 0 Å². The van der Waals surface area contributed by atoms with Gasteiger partial charge in [0.15, 0.2) is 5.82 Å². The maximum absolute atomic E-state index is 12.4. The lowest BCUT2D eigenvalue weighted by Gasteiger charge is -2.03. The Morgan fingerprint density at radius 2 is 1.89 bits per heavy atom. The van der Waals surface area contributed by atoms with Gasteiger partial charge in [0.25, 0.3) is 0 Å². The molecule has 0 aliphatic heterocycles. The van der Waals surface area contributed by atoms with Crippen LogP contribution in [-0.2, 0) is 17.8 Å². The number of rotatable bonds is 6. The molecule has 7 heteroatoms. The number of amides is 1. The molecule has 1 amide bonds. The van der Waals surface area contributed by atoms with E-state index in [1.54, 1.807) is 10.9 Å². The lowest BCUT2D eigenvalue weighted by molar-refractivity contribution is -0.116. The van der Waals surface area contributed by atoms with E-state index in [4.69, 9.17) is 23.2 Å². The van der Waals surface area contributed by atoms with Gasteiger partial charge in [-0.25, -0.2) is 0 Å². The van der Waals surface area contributed by atoms with Gasteiger partial charge in [-0.1, -0.05) is 53.5 Å². The van der Waals surface area contributed by atoms with Crippen LogP contribution in [0.3, 0.4) is 0 Å². The van der Waals surface area contributed by atoms with Gasteiger partial charge in [0.1, 0.15) is 5.02 Å². The molecule has 0 radical (unpaired) electrons. The highest BCUT2D eigenvalue weighted by molar-refractivity contribution is 6.33. The Morgan fingerprint density at radius 3 is 2.71 bits per heavy atom. The van der Waals surface area contributed by atoms with Gasteiger partial charge in [0.05, 0.1) is 6.54 Å². The number of benzene rings is 2. The van der Waals surface area contributed by atoms with Gasteiger partial charge in [-0.05, 0) is 35.7 Å². The summed E-state index contributed by atoms with van der Waals surface area (Å²) in [6.07, 6.45) is 4.64. The zero-order valence-corrected chi connectivity index (χ0v) is 16.5. The highest BCUT2D eigenvalue weighted by Gasteiger charge is 2.12. The molecule has 0 fully saturated rings. The van der Waals surface area contributed by atoms with Crippen molar-refractivity contribution in [3.05, 3.63) is 82.1 Å². The van der Waals surface area contributed by atoms with Crippen molar-refractivity contribution in [1.29, 1.82) is 0 Å². The number of nitrogens with one attached hydrogen (secondary N) is 2. The number of aromatic amines is 1. The normalized spacial score (nSPS) is 11.1. The molecule has 0 saturated carbocycles. The molecule has 2 aromatic carbocycles. The van der Waals surface area contributed by atoms with Crippen LogP contribution in [0.15, 0.2) is 60.9 Å². The lowest BCUT2D eigenvalue weighted by Crippen LogP contribution is -2.13. The number of para-hydroxylation sites is 1. The molecule has 0 atom stereocenters. The van der Waals surface area contributed by atoms with E-state index in [0.29, 0.717) is 35.2 Å². The Hall–Kier alpha value is -2.76. The van der Waals surface area contributed by atoms with E-state index < -0.39 is 0 Å². The van der Waals surface area contributed by atoms with Gasteiger partial charge in [0.2, 0.25) is 5.91 Å². The summed E-state index contributed by atoms with van der Waals surface area (Å²) < 4.78 is 1.70. The van der Waals surface area contributed by atoms with Crippen LogP contribution in [-0.4, -0.2) is 20.7 Å². The molecule has 4 rings (SSSR count). The number of anilines is 1. The third-order valence-corrected chi connectivity index (χ3v) is 5.06. The second-order valence-corrected chi connectivity index (χ2v) is 7.40. The van der Waals surface area contributed by atoms with Crippen LogP contribution >= 0.6 is 23.2 Å². The van der Waals surface area contributed by atoms with Crippen LogP contribution in [0.25, 0.3) is 10.9 Å². The average Bonchev–Trinajstić information content (AvgIpc) is 3.25. The molecule has 0 saturated heterocycles. The first-order valence-electron chi connectivity index (χ1n) is 8.91. The Kier molecular flexibility index (Phi) is 5.37. The topological polar surface area (TPSA) is 62.7 Å². The molecule has 4 aromatic rings. The van der Waals surface area contributed by atoms with Crippen LogP contribution in [0, 0.1) is 0 Å². The highest BCUT2D eigenvalue weighted by atomic mass is 35.5. The summed E-state index contributed by atoms with van der Waals surface area (Å²) in [7, 11) is 0. The molecule has 0 bridgehead atoms. The van der Waals surface area contributed by atoms with Crippen molar-refractivity contribution < 1.29 is 4.79 Å². The lowest BCUT2D eigenvalue weighted by atomic mass is 10.1. The summed E-state index contributed by atoms with van der Waals surface area (Å²) >= 11 is 12.1. The Bertz CT molecular complexity index is 1120. The molecule has 0 spiro atoms. The van der Waals surface area contributed by atoms with Crippen molar-refractivity contribution in [1.82, 2.24) is 14.8 Å². The molecule has 2 N–H and O–H groups in total. The maximum atomic E-state index is 12.4. The summed E-state index contributed by atoms with van der Waals surface area (Å²) in [6.45, 7) is 0.544. The van der Waals surface area contributed by atoms with Crippen LogP contribution in [0.2, 0.25) is 10.0 Å². The number of hydrogen-bond donors (Lipinski definition) is 2. The second kappa shape index (κ2) is 8.09. The number of aromatic nitrogens is 3. The standard InChI is InChI=1S/C21H18Cl2N4O/c22-16-8-5-14(6-9-16)12-27-13-18(23)21(26-27)25-20(28)10-7-15-11-24-19-4-2-1-3-17(15)19/h1-6,8-9,11,13,24H,7,10,12H2,(H,25,26,28). The first-order valence-corrected chi connectivity index (χ1v) is 9.66. The molecule has 142 valence electrons. The van der Waals surface area contributed by atoms with Crippen LogP contribution in [0.4, 0.5) is 5.82 Å². The molecule has 2 heterocycles. The first-order chi connectivity index (χ1) is 13.6. The minimum absolute atomic E-state index is 0.121. The van der Waals surface area contributed by atoms with E-state index in [0.717, 1.165) is 22.0 Å². The number of fused-ring (bicyclic) bond motifs is 1. The number of aryl methyl sites for hydroxylation is 1. The highest BCUT2D eigenvalue weighted by Crippen LogP contribution is 2.22. The summed E-state index contributed by atoms with van der Waals surface area (Å²) in [5.41, 5.74) is 3.23. The third kappa shape index (κ3) is 4.21. The zero-order chi connectivity index (χ0) is 19.5. The summed E-state index contributed by atoms with van der Waals surface area (Å²) in [4.78, 5) is 15.6. The molecule has 5 nitrogen and oxygen atoms in total. The van der Waals surface area contributed by atoms with Crippen molar-refractivity contribution in [3.8, 4) is 0 Å². The first kappa shape index (κ1) is 18.6. The number of H-pyrrole nitrogens is 1. The van der Waals surface area contributed by atoms with E-state index in [-0.39, 0.29) is 5.91 Å². The zero-order valence-electron chi connectivity index (χ0n) is 15.0. The van der Waals surface area contributed by atoms with Crippen LogP contribution in [0.5, 0.6) is 0 Å².